The second kappa shape index (κ2) is 8.86. The molecular formula is C19H32N4O3. The number of aryl methyl sites for hydroxylation is 2. The van der Waals surface area contributed by atoms with Crippen molar-refractivity contribution in [2.24, 2.45) is 0 Å². The molecule has 1 aliphatic heterocycles. The lowest BCUT2D eigenvalue weighted by molar-refractivity contribution is 0.00777. The Morgan fingerprint density at radius 3 is 2.62 bits per heavy atom. The number of amides is 2. The molecule has 3 rings (SSSR count). The van der Waals surface area contributed by atoms with Gasteiger partial charge < -0.3 is 20.3 Å². The Balaban J connectivity index is 1.35. The van der Waals surface area contributed by atoms with Crippen molar-refractivity contribution in [3.05, 3.63) is 17.0 Å². The molecular weight excluding hydrogens is 332 g/mol. The molecule has 3 N–H and O–H groups in total. The van der Waals surface area contributed by atoms with Crippen LogP contribution < -0.4 is 10.6 Å². The molecule has 1 aliphatic carbocycles. The summed E-state index contributed by atoms with van der Waals surface area (Å²) in [6, 6.07) is 0.424. The first-order chi connectivity index (χ1) is 12.5. The Labute approximate surface area is 155 Å². The van der Waals surface area contributed by atoms with Gasteiger partial charge in [-0.1, -0.05) is 18.0 Å². The van der Waals surface area contributed by atoms with E-state index in [2.05, 4.69) is 20.7 Å². The van der Waals surface area contributed by atoms with E-state index < -0.39 is 0 Å². The summed E-state index contributed by atoms with van der Waals surface area (Å²) in [7, 11) is 0. The number of aliphatic hydroxyl groups is 1. The smallest absolute Gasteiger partial charge is 0.315 e. The number of hydrogen-bond acceptors (Lipinski definition) is 5. The Bertz CT molecular complexity index is 576. The van der Waals surface area contributed by atoms with Crippen LogP contribution in [0.2, 0.25) is 0 Å². The molecule has 0 unspecified atom stereocenters. The lowest BCUT2D eigenvalue weighted by atomic mass is 9.89. The standard InChI is InChI=1S/C19H32N4O3/c1-13-16(14(2)26-22-13)7-10-20-19(25)21-15-8-11-23(12-9-15)17-5-3-4-6-18(17)24/h15,17-18,24H,3-12H2,1-2H3,(H2,20,21,25)/t17-,18-/m1/s1. The molecule has 7 nitrogen and oxygen atoms in total. The van der Waals surface area contributed by atoms with E-state index in [0.717, 1.165) is 68.6 Å². The molecule has 0 aromatic carbocycles. The van der Waals surface area contributed by atoms with Crippen LogP contribution >= 0.6 is 0 Å². The van der Waals surface area contributed by atoms with Gasteiger partial charge in [-0.15, -0.1) is 0 Å². The Hall–Kier alpha value is -1.60. The molecule has 2 heterocycles. The van der Waals surface area contributed by atoms with E-state index in [1.807, 2.05) is 13.8 Å². The third-order valence-corrected chi connectivity index (χ3v) is 5.87. The number of nitrogens with one attached hydrogen (secondary N) is 2. The van der Waals surface area contributed by atoms with Gasteiger partial charge >= 0.3 is 6.03 Å². The van der Waals surface area contributed by atoms with E-state index >= 15 is 0 Å². The number of nitrogens with zero attached hydrogens (tertiary/aromatic N) is 2. The van der Waals surface area contributed by atoms with E-state index in [1.165, 1.54) is 6.42 Å². The van der Waals surface area contributed by atoms with Gasteiger partial charge in [0.25, 0.3) is 0 Å². The lowest BCUT2D eigenvalue weighted by Gasteiger charge is -2.41. The number of urea groups is 1. The van der Waals surface area contributed by atoms with Crippen LogP contribution in [-0.4, -0.2) is 59.0 Å². The van der Waals surface area contributed by atoms with Crippen molar-refractivity contribution >= 4 is 6.03 Å². The monoisotopic (exact) mass is 364 g/mol. The number of hydrogen-bond donors (Lipinski definition) is 3. The minimum Gasteiger partial charge on any atom is -0.391 e. The second-order valence-electron chi connectivity index (χ2n) is 7.68. The fraction of sp³-hybridized carbons (Fsp3) is 0.789. The van der Waals surface area contributed by atoms with Crippen LogP contribution in [-0.2, 0) is 6.42 Å². The molecule has 26 heavy (non-hydrogen) atoms. The number of likely N-dealkylation sites (tertiary alicyclic amines) is 1. The highest BCUT2D eigenvalue weighted by atomic mass is 16.5. The molecule has 0 bridgehead atoms. The number of carbonyl (C=O) groups excluding carboxylic acids is 1. The van der Waals surface area contributed by atoms with Gasteiger partial charge in [-0.3, -0.25) is 4.90 Å². The van der Waals surface area contributed by atoms with Gasteiger partial charge in [-0.05, 0) is 46.0 Å². The van der Waals surface area contributed by atoms with Crippen LogP contribution in [0.1, 0.15) is 55.5 Å². The maximum atomic E-state index is 12.1. The van der Waals surface area contributed by atoms with Crippen molar-refractivity contribution < 1.29 is 14.4 Å². The largest absolute Gasteiger partial charge is 0.391 e. The highest BCUT2D eigenvalue weighted by Gasteiger charge is 2.31. The van der Waals surface area contributed by atoms with Gasteiger partial charge in [0.15, 0.2) is 0 Å². The molecule has 1 saturated heterocycles. The highest BCUT2D eigenvalue weighted by molar-refractivity contribution is 5.74. The molecule has 1 aromatic heterocycles. The molecule has 1 saturated carbocycles. The van der Waals surface area contributed by atoms with E-state index in [1.54, 1.807) is 0 Å². The number of rotatable bonds is 5. The van der Waals surface area contributed by atoms with Gasteiger partial charge in [0.2, 0.25) is 0 Å². The molecule has 2 aliphatic rings. The molecule has 2 fully saturated rings. The third-order valence-electron chi connectivity index (χ3n) is 5.87. The van der Waals surface area contributed by atoms with Gasteiger partial charge in [0, 0.05) is 37.3 Å². The van der Waals surface area contributed by atoms with E-state index in [4.69, 9.17) is 4.52 Å². The summed E-state index contributed by atoms with van der Waals surface area (Å²) >= 11 is 0. The zero-order chi connectivity index (χ0) is 18.5. The number of aromatic nitrogens is 1. The molecule has 2 amide bonds. The summed E-state index contributed by atoms with van der Waals surface area (Å²) in [5, 5.41) is 20.2. The summed E-state index contributed by atoms with van der Waals surface area (Å²) in [5.41, 5.74) is 1.96. The molecule has 1 aromatic rings. The minimum absolute atomic E-state index is 0.104. The predicted octanol–water partition coefficient (Wildman–Crippen LogP) is 1.90. The molecule has 146 valence electrons. The van der Waals surface area contributed by atoms with E-state index in [0.29, 0.717) is 12.6 Å². The fourth-order valence-corrected chi connectivity index (χ4v) is 4.29. The SMILES string of the molecule is Cc1noc(C)c1CCNC(=O)NC1CCN([C@@H]2CCCC[C@H]2O)CC1. The van der Waals surface area contributed by atoms with Gasteiger partial charge in [-0.2, -0.15) is 0 Å². The first-order valence-corrected chi connectivity index (χ1v) is 9.93. The Morgan fingerprint density at radius 1 is 1.23 bits per heavy atom. The summed E-state index contributed by atoms with van der Waals surface area (Å²) < 4.78 is 5.14. The summed E-state index contributed by atoms with van der Waals surface area (Å²) in [5.74, 6) is 0.821. The normalized spacial score (nSPS) is 25.2. The average molecular weight is 364 g/mol. The zero-order valence-electron chi connectivity index (χ0n) is 16.0. The van der Waals surface area contributed by atoms with Crippen LogP contribution in [0.25, 0.3) is 0 Å². The first-order valence-electron chi connectivity index (χ1n) is 9.93. The minimum atomic E-state index is -0.180. The van der Waals surface area contributed by atoms with Crippen LogP contribution in [0.3, 0.4) is 0 Å². The molecule has 2 atom stereocenters. The van der Waals surface area contributed by atoms with Gasteiger partial charge in [0.1, 0.15) is 5.76 Å². The van der Waals surface area contributed by atoms with Crippen molar-refractivity contribution in [2.45, 2.75) is 77.0 Å². The first kappa shape index (κ1) is 19.2. The summed E-state index contributed by atoms with van der Waals surface area (Å²) in [6.07, 6.45) is 6.82. The van der Waals surface area contributed by atoms with Gasteiger partial charge in [0.05, 0.1) is 11.8 Å². The van der Waals surface area contributed by atoms with Crippen LogP contribution in [0, 0.1) is 13.8 Å². The van der Waals surface area contributed by atoms with Crippen LogP contribution in [0.5, 0.6) is 0 Å². The second-order valence-corrected chi connectivity index (χ2v) is 7.68. The number of piperidine rings is 1. The zero-order valence-corrected chi connectivity index (χ0v) is 16.0. The molecule has 7 heteroatoms. The van der Waals surface area contributed by atoms with Crippen molar-refractivity contribution in [3.63, 3.8) is 0 Å². The molecule has 0 radical (unpaired) electrons. The number of aliphatic hydroxyl groups excluding tert-OH is 1. The van der Waals surface area contributed by atoms with Gasteiger partial charge in [-0.25, -0.2) is 4.79 Å². The van der Waals surface area contributed by atoms with Crippen molar-refractivity contribution in [1.29, 1.82) is 0 Å². The summed E-state index contributed by atoms with van der Waals surface area (Å²) in [6.45, 7) is 6.29. The predicted molar refractivity (Wildman–Crippen MR) is 99.1 cm³/mol. The fourth-order valence-electron chi connectivity index (χ4n) is 4.29. The molecule has 0 spiro atoms. The number of carbonyl (C=O) groups is 1. The Kier molecular flexibility index (Phi) is 6.53. The summed E-state index contributed by atoms with van der Waals surface area (Å²) in [4.78, 5) is 14.5. The van der Waals surface area contributed by atoms with Crippen molar-refractivity contribution in [1.82, 2.24) is 20.7 Å². The van der Waals surface area contributed by atoms with E-state index in [-0.39, 0.29) is 18.2 Å². The topological polar surface area (TPSA) is 90.6 Å². The third kappa shape index (κ3) is 4.76. The lowest BCUT2D eigenvalue weighted by Crippen LogP contribution is -2.53. The van der Waals surface area contributed by atoms with Crippen LogP contribution in [0.15, 0.2) is 4.52 Å². The quantitative estimate of drug-likeness (QED) is 0.742. The van der Waals surface area contributed by atoms with Crippen molar-refractivity contribution in [2.75, 3.05) is 19.6 Å². The Morgan fingerprint density at radius 2 is 1.96 bits per heavy atom. The maximum absolute atomic E-state index is 12.1. The van der Waals surface area contributed by atoms with Crippen molar-refractivity contribution in [3.8, 4) is 0 Å². The van der Waals surface area contributed by atoms with Crippen LogP contribution in [0.4, 0.5) is 4.79 Å². The maximum Gasteiger partial charge on any atom is 0.315 e. The van der Waals surface area contributed by atoms with E-state index in [9.17, 15) is 9.90 Å². The average Bonchev–Trinajstić information content (AvgIpc) is 2.95. The highest BCUT2D eigenvalue weighted by Crippen LogP contribution is 2.25.